The molecule has 3 nitrogen and oxygen atoms in total. The zero-order chi connectivity index (χ0) is 8.85. The summed E-state index contributed by atoms with van der Waals surface area (Å²) in [6.07, 6.45) is 0.666. The zero-order valence-corrected chi connectivity index (χ0v) is 7.17. The number of hydrogen-bond acceptors (Lipinski definition) is 3. The second-order valence-electron chi connectivity index (χ2n) is 2.90. The largest absolute Gasteiger partial charge is 0.465 e. The lowest BCUT2D eigenvalue weighted by Gasteiger charge is -2.11. The first kappa shape index (κ1) is 10.4. The molecule has 11 heavy (non-hydrogen) atoms. The van der Waals surface area contributed by atoms with Crippen LogP contribution in [0, 0.1) is 12.8 Å². The number of carbonyl (C=O) groups is 1. The van der Waals surface area contributed by atoms with Crippen molar-refractivity contribution in [2.75, 3.05) is 6.61 Å². The van der Waals surface area contributed by atoms with E-state index in [0.29, 0.717) is 12.3 Å². The SMILES string of the molecule is [CH2]COC(=O)[C@@H](N)CC(C)C. The first-order valence-electron chi connectivity index (χ1n) is 3.79. The Morgan fingerprint density at radius 1 is 1.64 bits per heavy atom. The Morgan fingerprint density at radius 2 is 2.18 bits per heavy atom. The van der Waals surface area contributed by atoms with Gasteiger partial charge in [0, 0.05) is 0 Å². The number of hydrogen-bond donors (Lipinski definition) is 1. The van der Waals surface area contributed by atoms with E-state index < -0.39 is 6.04 Å². The van der Waals surface area contributed by atoms with Gasteiger partial charge in [0.1, 0.15) is 6.04 Å². The van der Waals surface area contributed by atoms with Crippen LogP contribution in [0.1, 0.15) is 20.3 Å². The molecule has 0 amide bonds. The van der Waals surface area contributed by atoms with Gasteiger partial charge in [0.15, 0.2) is 0 Å². The number of ether oxygens (including phenoxy) is 1. The van der Waals surface area contributed by atoms with Crippen molar-refractivity contribution >= 4 is 5.97 Å². The van der Waals surface area contributed by atoms with Gasteiger partial charge in [-0.15, -0.1) is 0 Å². The Kier molecular flexibility index (Phi) is 4.86. The summed E-state index contributed by atoms with van der Waals surface area (Å²) in [6, 6.07) is -0.489. The maximum Gasteiger partial charge on any atom is 0.322 e. The molecule has 1 atom stereocenters. The van der Waals surface area contributed by atoms with E-state index in [1.807, 2.05) is 13.8 Å². The highest BCUT2D eigenvalue weighted by atomic mass is 16.5. The molecule has 0 bridgehead atoms. The van der Waals surface area contributed by atoms with Gasteiger partial charge in [-0.3, -0.25) is 4.79 Å². The fraction of sp³-hybridized carbons (Fsp3) is 0.750. The highest BCUT2D eigenvalue weighted by Crippen LogP contribution is 2.03. The van der Waals surface area contributed by atoms with Crippen molar-refractivity contribution in [1.29, 1.82) is 0 Å². The third kappa shape index (κ3) is 4.79. The molecule has 0 aromatic rings. The molecule has 0 spiro atoms. The van der Waals surface area contributed by atoms with E-state index in [4.69, 9.17) is 5.73 Å². The average Bonchev–Trinajstić information content (AvgIpc) is 1.86. The molecule has 0 unspecified atom stereocenters. The molecule has 0 aliphatic heterocycles. The molecular weight excluding hydrogens is 142 g/mol. The topological polar surface area (TPSA) is 52.3 Å². The molecule has 0 aliphatic rings. The standard InChI is InChI=1S/C8H16NO2/c1-4-11-8(10)7(9)5-6(2)3/h6-7H,1,4-5,9H2,2-3H3/t7-/m0/s1. The van der Waals surface area contributed by atoms with Crippen molar-refractivity contribution < 1.29 is 9.53 Å². The first-order chi connectivity index (χ1) is 5.07. The van der Waals surface area contributed by atoms with Crippen molar-refractivity contribution in [3.8, 4) is 0 Å². The van der Waals surface area contributed by atoms with Gasteiger partial charge in [-0.05, 0) is 19.3 Å². The van der Waals surface area contributed by atoms with Crippen molar-refractivity contribution in [3.63, 3.8) is 0 Å². The van der Waals surface area contributed by atoms with Crippen LogP contribution in [0.15, 0.2) is 0 Å². The number of rotatable bonds is 4. The number of esters is 1. The minimum absolute atomic E-state index is 0.157. The summed E-state index contributed by atoms with van der Waals surface area (Å²) >= 11 is 0. The van der Waals surface area contributed by atoms with Crippen molar-refractivity contribution in [2.24, 2.45) is 11.7 Å². The van der Waals surface area contributed by atoms with Gasteiger partial charge in [-0.1, -0.05) is 13.8 Å². The van der Waals surface area contributed by atoms with Gasteiger partial charge in [-0.25, -0.2) is 0 Å². The lowest BCUT2D eigenvalue weighted by Crippen LogP contribution is -2.33. The van der Waals surface area contributed by atoms with E-state index in [9.17, 15) is 4.79 Å². The van der Waals surface area contributed by atoms with Crippen LogP contribution in [-0.4, -0.2) is 18.6 Å². The summed E-state index contributed by atoms with van der Waals surface area (Å²) in [6.45, 7) is 7.57. The lowest BCUT2D eigenvalue weighted by molar-refractivity contribution is -0.144. The smallest absolute Gasteiger partial charge is 0.322 e. The highest BCUT2D eigenvalue weighted by molar-refractivity contribution is 5.75. The second kappa shape index (κ2) is 5.13. The number of nitrogens with two attached hydrogens (primary N) is 1. The minimum atomic E-state index is -0.489. The molecule has 0 saturated heterocycles. The molecule has 2 N–H and O–H groups in total. The molecule has 0 fully saturated rings. The van der Waals surface area contributed by atoms with Gasteiger partial charge in [0.2, 0.25) is 0 Å². The highest BCUT2D eigenvalue weighted by Gasteiger charge is 2.15. The van der Waals surface area contributed by atoms with Crippen LogP contribution in [0.3, 0.4) is 0 Å². The van der Waals surface area contributed by atoms with Crippen LogP contribution in [0.25, 0.3) is 0 Å². The molecule has 0 aliphatic carbocycles. The Morgan fingerprint density at radius 3 is 2.55 bits per heavy atom. The van der Waals surface area contributed by atoms with Crippen LogP contribution >= 0.6 is 0 Å². The van der Waals surface area contributed by atoms with Crippen molar-refractivity contribution in [2.45, 2.75) is 26.3 Å². The fourth-order valence-electron chi connectivity index (χ4n) is 0.812. The average molecular weight is 158 g/mol. The van der Waals surface area contributed by atoms with Gasteiger partial charge in [-0.2, -0.15) is 0 Å². The number of carbonyl (C=O) groups excluding carboxylic acids is 1. The predicted octanol–water partition coefficient (Wildman–Crippen LogP) is 0.737. The summed E-state index contributed by atoms with van der Waals surface area (Å²) in [4.78, 5) is 10.9. The molecular formula is C8H16NO2. The van der Waals surface area contributed by atoms with Crippen LogP contribution in [0.2, 0.25) is 0 Å². The molecule has 0 rings (SSSR count). The maximum absolute atomic E-state index is 10.9. The normalized spacial score (nSPS) is 13.2. The Hall–Kier alpha value is -0.570. The molecule has 0 aromatic heterocycles. The maximum atomic E-state index is 10.9. The Labute approximate surface area is 67.9 Å². The molecule has 0 aromatic carbocycles. The third-order valence-corrected chi connectivity index (χ3v) is 1.27. The van der Waals surface area contributed by atoms with E-state index in [2.05, 4.69) is 11.7 Å². The van der Waals surface area contributed by atoms with E-state index >= 15 is 0 Å². The predicted molar refractivity (Wildman–Crippen MR) is 43.7 cm³/mol. The van der Waals surface area contributed by atoms with Gasteiger partial charge < -0.3 is 10.5 Å². The summed E-state index contributed by atoms with van der Waals surface area (Å²) in [5.41, 5.74) is 5.50. The molecule has 65 valence electrons. The zero-order valence-electron chi connectivity index (χ0n) is 7.17. The summed E-state index contributed by atoms with van der Waals surface area (Å²) < 4.78 is 4.63. The second-order valence-corrected chi connectivity index (χ2v) is 2.90. The first-order valence-corrected chi connectivity index (χ1v) is 3.79. The van der Waals surface area contributed by atoms with Crippen LogP contribution in [-0.2, 0) is 9.53 Å². The van der Waals surface area contributed by atoms with E-state index in [0.717, 1.165) is 0 Å². The van der Waals surface area contributed by atoms with Gasteiger partial charge in [0.25, 0.3) is 0 Å². The van der Waals surface area contributed by atoms with Crippen molar-refractivity contribution in [3.05, 3.63) is 6.92 Å². The van der Waals surface area contributed by atoms with Crippen molar-refractivity contribution in [1.82, 2.24) is 0 Å². The van der Waals surface area contributed by atoms with E-state index in [1.165, 1.54) is 0 Å². The summed E-state index contributed by atoms with van der Waals surface area (Å²) in [5, 5.41) is 0. The van der Waals surface area contributed by atoms with E-state index in [1.54, 1.807) is 0 Å². The lowest BCUT2D eigenvalue weighted by atomic mass is 10.1. The Bertz CT molecular complexity index is 123. The van der Waals surface area contributed by atoms with Crippen LogP contribution in [0.5, 0.6) is 0 Å². The van der Waals surface area contributed by atoms with Crippen LogP contribution in [0.4, 0.5) is 0 Å². The van der Waals surface area contributed by atoms with Crippen LogP contribution < -0.4 is 5.73 Å². The summed E-state index contributed by atoms with van der Waals surface area (Å²) in [5.74, 6) is 0.0658. The third-order valence-electron chi connectivity index (χ3n) is 1.27. The van der Waals surface area contributed by atoms with E-state index in [-0.39, 0.29) is 12.6 Å². The molecule has 3 heteroatoms. The molecule has 1 radical (unpaired) electrons. The molecule has 0 heterocycles. The fourth-order valence-corrected chi connectivity index (χ4v) is 0.812. The Balaban J connectivity index is 3.64. The van der Waals surface area contributed by atoms with Gasteiger partial charge >= 0.3 is 5.97 Å². The minimum Gasteiger partial charge on any atom is -0.465 e. The quantitative estimate of drug-likeness (QED) is 0.614. The van der Waals surface area contributed by atoms with Gasteiger partial charge in [0.05, 0.1) is 6.61 Å². The monoisotopic (exact) mass is 158 g/mol. The summed E-state index contributed by atoms with van der Waals surface area (Å²) in [7, 11) is 0. The molecule has 0 saturated carbocycles.